The Labute approximate surface area is 159 Å². The molecule has 27 heavy (non-hydrogen) atoms. The smallest absolute Gasteiger partial charge is 0.219 e. The van der Waals surface area contributed by atoms with E-state index in [0.717, 1.165) is 30.3 Å². The van der Waals surface area contributed by atoms with Crippen molar-refractivity contribution in [2.75, 3.05) is 50.6 Å². The van der Waals surface area contributed by atoms with Gasteiger partial charge in [0.15, 0.2) is 11.5 Å². The van der Waals surface area contributed by atoms with Crippen LogP contribution in [0.2, 0.25) is 0 Å². The lowest BCUT2D eigenvalue weighted by Gasteiger charge is -2.34. The molecule has 1 fully saturated rings. The van der Waals surface area contributed by atoms with E-state index in [1.165, 1.54) is 0 Å². The number of hydrogen-bond acceptors (Lipinski definition) is 7. The minimum Gasteiger partial charge on any atom is -0.493 e. The maximum absolute atomic E-state index is 11.5. The SMILES string of the molecule is COc1ccc(CNc2cc(N3CCN(C(C)=O)CC3)ncn2)cc1OC. The van der Waals surface area contributed by atoms with Crippen LogP contribution in [0.15, 0.2) is 30.6 Å². The molecular weight excluding hydrogens is 346 g/mol. The van der Waals surface area contributed by atoms with Crippen LogP contribution in [0.4, 0.5) is 11.6 Å². The Bertz CT molecular complexity index is 791. The molecule has 1 aliphatic rings. The normalized spacial score (nSPS) is 14.0. The van der Waals surface area contributed by atoms with Gasteiger partial charge < -0.3 is 24.6 Å². The molecule has 1 aromatic carbocycles. The van der Waals surface area contributed by atoms with Gasteiger partial charge in [0.05, 0.1) is 14.2 Å². The molecule has 0 saturated carbocycles. The third kappa shape index (κ3) is 4.58. The van der Waals surface area contributed by atoms with Crippen molar-refractivity contribution in [2.24, 2.45) is 0 Å². The van der Waals surface area contributed by atoms with E-state index in [2.05, 4.69) is 20.2 Å². The molecular formula is C19H25N5O3. The number of anilines is 2. The van der Waals surface area contributed by atoms with Gasteiger partial charge in [-0.2, -0.15) is 0 Å². The molecule has 0 spiro atoms. The second-order valence-electron chi connectivity index (χ2n) is 6.30. The minimum atomic E-state index is 0.120. The maximum atomic E-state index is 11.5. The van der Waals surface area contributed by atoms with Crippen molar-refractivity contribution in [2.45, 2.75) is 13.5 Å². The molecule has 2 heterocycles. The summed E-state index contributed by atoms with van der Waals surface area (Å²) in [6, 6.07) is 7.74. The van der Waals surface area contributed by atoms with Gasteiger partial charge >= 0.3 is 0 Å². The van der Waals surface area contributed by atoms with Gasteiger partial charge in [0.2, 0.25) is 5.91 Å². The highest BCUT2D eigenvalue weighted by Crippen LogP contribution is 2.27. The van der Waals surface area contributed by atoms with Crippen molar-refractivity contribution in [1.82, 2.24) is 14.9 Å². The molecule has 0 bridgehead atoms. The fourth-order valence-electron chi connectivity index (χ4n) is 3.05. The Morgan fingerprint density at radius 3 is 2.48 bits per heavy atom. The molecule has 1 N–H and O–H groups in total. The number of ether oxygens (including phenoxy) is 2. The van der Waals surface area contributed by atoms with Gasteiger partial charge in [-0.1, -0.05) is 6.07 Å². The lowest BCUT2D eigenvalue weighted by atomic mass is 10.2. The maximum Gasteiger partial charge on any atom is 0.219 e. The van der Waals surface area contributed by atoms with Crippen LogP contribution in [0.25, 0.3) is 0 Å². The zero-order chi connectivity index (χ0) is 19.2. The average Bonchev–Trinajstić information content (AvgIpc) is 2.72. The number of benzene rings is 1. The first-order valence-electron chi connectivity index (χ1n) is 8.88. The first kappa shape index (κ1) is 18.8. The summed E-state index contributed by atoms with van der Waals surface area (Å²) in [5, 5.41) is 3.32. The molecule has 1 aromatic heterocycles. The Hall–Kier alpha value is -3.03. The van der Waals surface area contributed by atoms with Crippen molar-refractivity contribution in [3.63, 3.8) is 0 Å². The van der Waals surface area contributed by atoms with Crippen molar-refractivity contribution in [3.8, 4) is 11.5 Å². The number of carbonyl (C=O) groups is 1. The molecule has 8 nitrogen and oxygen atoms in total. The van der Waals surface area contributed by atoms with Crippen molar-refractivity contribution >= 4 is 17.5 Å². The predicted molar refractivity (Wildman–Crippen MR) is 103 cm³/mol. The Morgan fingerprint density at radius 2 is 1.81 bits per heavy atom. The molecule has 1 aliphatic heterocycles. The van der Waals surface area contributed by atoms with Gasteiger partial charge in [0.25, 0.3) is 0 Å². The molecule has 3 rings (SSSR count). The summed E-state index contributed by atoms with van der Waals surface area (Å²) in [7, 11) is 3.24. The number of carbonyl (C=O) groups excluding carboxylic acids is 1. The van der Waals surface area contributed by atoms with Gasteiger partial charge in [-0.05, 0) is 17.7 Å². The van der Waals surface area contributed by atoms with E-state index in [0.29, 0.717) is 31.1 Å². The van der Waals surface area contributed by atoms with Crippen molar-refractivity contribution in [1.29, 1.82) is 0 Å². The van der Waals surface area contributed by atoms with Gasteiger partial charge in [0, 0.05) is 45.7 Å². The molecule has 144 valence electrons. The molecule has 2 aromatic rings. The van der Waals surface area contributed by atoms with Crippen LogP contribution in [0, 0.1) is 0 Å². The van der Waals surface area contributed by atoms with E-state index in [1.54, 1.807) is 27.5 Å². The van der Waals surface area contributed by atoms with E-state index in [-0.39, 0.29) is 5.91 Å². The van der Waals surface area contributed by atoms with Crippen LogP contribution in [0.5, 0.6) is 11.5 Å². The number of hydrogen-bond donors (Lipinski definition) is 1. The second kappa shape index (κ2) is 8.57. The van der Waals surface area contributed by atoms with E-state index < -0.39 is 0 Å². The largest absolute Gasteiger partial charge is 0.493 e. The molecule has 1 amide bonds. The second-order valence-corrected chi connectivity index (χ2v) is 6.30. The Balaban J connectivity index is 1.62. The standard InChI is InChI=1S/C19H25N5O3/c1-14(25)23-6-8-24(9-7-23)19-11-18(21-13-22-19)20-12-15-4-5-16(26-2)17(10-15)27-3/h4-5,10-11,13H,6-9,12H2,1-3H3,(H,20,21,22). The van der Waals surface area contributed by atoms with Gasteiger partial charge in [-0.25, -0.2) is 9.97 Å². The number of amides is 1. The summed E-state index contributed by atoms with van der Waals surface area (Å²) in [5.74, 6) is 3.14. The summed E-state index contributed by atoms with van der Waals surface area (Å²) in [4.78, 5) is 24.2. The molecule has 0 atom stereocenters. The highest BCUT2D eigenvalue weighted by atomic mass is 16.5. The molecule has 0 radical (unpaired) electrons. The van der Waals surface area contributed by atoms with E-state index in [1.807, 2.05) is 29.2 Å². The number of aromatic nitrogens is 2. The predicted octanol–water partition coefficient (Wildman–Crippen LogP) is 1.77. The van der Waals surface area contributed by atoms with Crippen LogP contribution in [0.3, 0.4) is 0 Å². The third-order valence-electron chi connectivity index (χ3n) is 4.62. The zero-order valence-electron chi connectivity index (χ0n) is 15.9. The number of nitrogens with zero attached hydrogens (tertiary/aromatic N) is 4. The molecule has 0 aliphatic carbocycles. The van der Waals surface area contributed by atoms with E-state index in [9.17, 15) is 4.79 Å². The number of nitrogens with one attached hydrogen (secondary N) is 1. The summed E-state index contributed by atoms with van der Waals surface area (Å²) in [6.07, 6.45) is 1.56. The summed E-state index contributed by atoms with van der Waals surface area (Å²) >= 11 is 0. The highest BCUT2D eigenvalue weighted by molar-refractivity contribution is 5.73. The Kier molecular flexibility index (Phi) is 5.95. The number of rotatable bonds is 6. The summed E-state index contributed by atoms with van der Waals surface area (Å²) in [6.45, 7) is 5.18. The van der Waals surface area contributed by atoms with Crippen molar-refractivity contribution in [3.05, 3.63) is 36.2 Å². The highest BCUT2D eigenvalue weighted by Gasteiger charge is 2.19. The van der Waals surface area contributed by atoms with Crippen LogP contribution in [0.1, 0.15) is 12.5 Å². The fourth-order valence-corrected chi connectivity index (χ4v) is 3.05. The fraction of sp³-hybridized carbons (Fsp3) is 0.421. The van der Waals surface area contributed by atoms with Crippen LogP contribution >= 0.6 is 0 Å². The van der Waals surface area contributed by atoms with Crippen LogP contribution < -0.4 is 19.7 Å². The lowest BCUT2D eigenvalue weighted by Crippen LogP contribution is -2.48. The monoisotopic (exact) mass is 371 g/mol. The summed E-state index contributed by atoms with van der Waals surface area (Å²) < 4.78 is 10.6. The van der Waals surface area contributed by atoms with Crippen LogP contribution in [-0.2, 0) is 11.3 Å². The minimum absolute atomic E-state index is 0.120. The molecule has 1 saturated heterocycles. The van der Waals surface area contributed by atoms with Crippen molar-refractivity contribution < 1.29 is 14.3 Å². The average molecular weight is 371 g/mol. The molecule has 8 heteroatoms. The number of piperazine rings is 1. The number of methoxy groups -OCH3 is 2. The van der Waals surface area contributed by atoms with Gasteiger partial charge in [-0.3, -0.25) is 4.79 Å². The first-order valence-corrected chi connectivity index (χ1v) is 8.88. The topological polar surface area (TPSA) is 79.8 Å². The molecule has 0 unspecified atom stereocenters. The summed E-state index contributed by atoms with van der Waals surface area (Å²) in [5.41, 5.74) is 1.06. The zero-order valence-corrected chi connectivity index (χ0v) is 15.9. The lowest BCUT2D eigenvalue weighted by molar-refractivity contribution is -0.129. The van der Waals surface area contributed by atoms with Crippen LogP contribution in [-0.4, -0.2) is 61.2 Å². The van der Waals surface area contributed by atoms with Gasteiger partial charge in [0.1, 0.15) is 18.0 Å². The van der Waals surface area contributed by atoms with E-state index >= 15 is 0 Å². The van der Waals surface area contributed by atoms with Gasteiger partial charge in [-0.15, -0.1) is 0 Å². The quantitative estimate of drug-likeness (QED) is 0.829. The third-order valence-corrected chi connectivity index (χ3v) is 4.62. The van der Waals surface area contributed by atoms with E-state index in [4.69, 9.17) is 9.47 Å². The Morgan fingerprint density at radius 1 is 1.07 bits per heavy atom. The first-order chi connectivity index (χ1) is 13.1.